The molecule has 0 spiro atoms. The van der Waals surface area contributed by atoms with Crippen LogP contribution >= 0.6 is 0 Å². The fraction of sp³-hybridized carbons (Fsp3) is 0.550. The number of nitrogens with one attached hydrogen (secondary N) is 1. The Bertz CT molecular complexity index is 1140. The van der Waals surface area contributed by atoms with Crippen molar-refractivity contribution in [3.05, 3.63) is 38.3 Å². The lowest BCUT2D eigenvalue weighted by atomic mass is 9.97. The molecule has 30 heavy (non-hydrogen) atoms. The molecule has 1 saturated heterocycles. The van der Waals surface area contributed by atoms with Crippen LogP contribution in [0.15, 0.2) is 15.7 Å². The largest absolute Gasteiger partial charge is 0.465 e. The molecule has 4 rings (SSSR count). The summed E-state index contributed by atoms with van der Waals surface area (Å²) >= 11 is 0. The zero-order valence-corrected chi connectivity index (χ0v) is 17.0. The Morgan fingerprint density at radius 3 is 2.67 bits per heavy atom. The van der Waals surface area contributed by atoms with Gasteiger partial charge in [-0.2, -0.15) is 4.68 Å². The van der Waals surface area contributed by atoms with Crippen molar-refractivity contribution in [2.45, 2.75) is 51.6 Å². The first kappa shape index (κ1) is 20.2. The summed E-state index contributed by atoms with van der Waals surface area (Å²) in [5.74, 6) is 5.17. The van der Waals surface area contributed by atoms with Crippen LogP contribution in [-0.2, 0) is 0 Å². The van der Waals surface area contributed by atoms with Crippen molar-refractivity contribution in [3.8, 4) is 0 Å². The van der Waals surface area contributed by atoms with Crippen LogP contribution in [-0.4, -0.2) is 39.6 Å². The molecule has 2 fully saturated rings. The molecule has 1 aromatic heterocycles. The number of nitrogens with zero attached hydrogens (tertiary/aromatic N) is 3. The minimum absolute atomic E-state index is 0.0389. The van der Waals surface area contributed by atoms with Gasteiger partial charge in [0.1, 0.15) is 5.82 Å². The van der Waals surface area contributed by atoms with Gasteiger partial charge in [-0.1, -0.05) is 6.92 Å². The molecular formula is C20H26FN5O4. The monoisotopic (exact) mass is 419 g/mol. The van der Waals surface area contributed by atoms with Gasteiger partial charge < -0.3 is 21.2 Å². The lowest BCUT2D eigenvalue weighted by Crippen LogP contribution is -2.44. The molecule has 1 aliphatic heterocycles. The maximum Gasteiger partial charge on any atom is 0.404 e. The van der Waals surface area contributed by atoms with Gasteiger partial charge in [0, 0.05) is 30.7 Å². The first-order valence-corrected chi connectivity index (χ1v) is 10.2. The van der Waals surface area contributed by atoms with Crippen molar-refractivity contribution in [1.82, 2.24) is 14.6 Å². The standard InChI is InChI=1S/C20H26FN5O4/c1-3-15(23-19(28)29)11-6-7-24(9-11)17-10(2)16-13(8-14(17)21)18(27)26(22)20(30)25(16)12-4-5-12/h8,11-12,15,23H,3-7,9,22H2,1-2H3,(H,28,29). The van der Waals surface area contributed by atoms with Crippen LogP contribution in [0.25, 0.3) is 10.9 Å². The van der Waals surface area contributed by atoms with Gasteiger partial charge in [0.2, 0.25) is 0 Å². The number of rotatable bonds is 5. The number of carboxylic acid groups (broad SMARTS) is 1. The molecule has 9 nitrogen and oxygen atoms in total. The van der Waals surface area contributed by atoms with Crippen molar-refractivity contribution in [1.29, 1.82) is 0 Å². The predicted octanol–water partition coefficient (Wildman–Crippen LogP) is 1.53. The molecule has 0 radical (unpaired) electrons. The van der Waals surface area contributed by atoms with E-state index in [1.807, 2.05) is 11.8 Å². The Hall–Kier alpha value is -3.04. The number of amides is 1. The first-order valence-electron chi connectivity index (χ1n) is 10.2. The third kappa shape index (κ3) is 3.20. The number of halogens is 1. The second-order valence-electron chi connectivity index (χ2n) is 8.25. The molecule has 0 bridgehead atoms. The maximum atomic E-state index is 15.2. The lowest BCUT2D eigenvalue weighted by molar-refractivity contribution is 0.184. The highest BCUT2D eigenvalue weighted by atomic mass is 19.1. The normalized spacial score (nSPS) is 20.0. The molecule has 162 valence electrons. The molecule has 1 aromatic carbocycles. The second-order valence-corrected chi connectivity index (χ2v) is 8.25. The van der Waals surface area contributed by atoms with E-state index in [9.17, 15) is 14.4 Å². The fourth-order valence-electron chi connectivity index (χ4n) is 4.75. The summed E-state index contributed by atoms with van der Waals surface area (Å²) in [6.07, 6.45) is 1.91. The van der Waals surface area contributed by atoms with Crippen LogP contribution in [0.2, 0.25) is 0 Å². The van der Waals surface area contributed by atoms with Crippen LogP contribution in [0.3, 0.4) is 0 Å². The molecule has 10 heteroatoms. The van der Waals surface area contributed by atoms with Gasteiger partial charge in [-0.3, -0.25) is 9.36 Å². The van der Waals surface area contributed by atoms with Crippen molar-refractivity contribution in [3.63, 3.8) is 0 Å². The first-order chi connectivity index (χ1) is 14.2. The molecular weight excluding hydrogens is 393 g/mol. The zero-order chi connectivity index (χ0) is 21.7. The van der Waals surface area contributed by atoms with Crippen molar-refractivity contribution in [2.24, 2.45) is 5.92 Å². The highest BCUT2D eigenvalue weighted by Gasteiger charge is 2.34. The molecule has 2 aliphatic rings. The minimum atomic E-state index is -1.07. The summed E-state index contributed by atoms with van der Waals surface area (Å²) in [5.41, 5.74) is 0.0256. The Labute approximate surface area is 171 Å². The lowest BCUT2D eigenvalue weighted by Gasteiger charge is -2.26. The number of carbonyl (C=O) groups is 1. The van der Waals surface area contributed by atoms with Gasteiger partial charge in [-0.05, 0) is 44.6 Å². The van der Waals surface area contributed by atoms with Crippen LogP contribution < -0.4 is 27.3 Å². The Morgan fingerprint density at radius 1 is 1.37 bits per heavy atom. The number of aromatic nitrogens is 2. The van der Waals surface area contributed by atoms with E-state index in [0.717, 1.165) is 19.3 Å². The summed E-state index contributed by atoms with van der Waals surface area (Å²) in [7, 11) is 0. The highest BCUT2D eigenvalue weighted by Crippen LogP contribution is 2.39. The summed E-state index contributed by atoms with van der Waals surface area (Å²) in [6, 6.07) is 0.912. The van der Waals surface area contributed by atoms with Gasteiger partial charge in [0.05, 0.1) is 16.6 Å². The van der Waals surface area contributed by atoms with E-state index < -0.39 is 23.2 Å². The van der Waals surface area contributed by atoms with Crippen molar-refractivity contribution in [2.75, 3.05) is 23.8 Å². The number of nitrogens with two attached hydrogens (primary N) is 1. The molecule has 2 unspecified atom stereocenters. The van der Waals surface area contributed by atoms with E-state index >= 15 is 4.39 Å². The fourth-order valence-corrected chi connectivity index (χ4v) is 4.75. The molecule has 1 aliphatic carbocycles. The maximum absolute atomic E-state index is 15.2. The third-order valence-electron chi connectivity index (χ3n) is 6.34. The molecule has 2 aromatic rings. The van der Waals surface area contributed by atoms with Gasteiger partial charge in [0.25, 0.3) is 5.56 Å². The minimum Gasteiger partial charge on any atom is -0.465 e. The van der Waals surface area contributed by atoms with Crippen LogP contribution in [0.4, 0.5) is 14.9 Å². The number of anilines is 1. The van der Waals surface area contributed by atoms with E-state index in [1.165, 1.54) is 10.6 Å². The van der Waals surface area contributed by atoms with Crippen LogP contribution in [0, 0.1) is 18.7 Å². The van der Waals surface area contributed by atoms with Crippen LogP contribution in [0.1, 0.15) is 44.2 Å². The van der Waals surface area contributed by atoms with Gasteiger partial charge in [0.15, 0.2) is 0 Å². The predicted molar refractivity (Wildman–Crippen MR) is 111 cm³/mol. The topological polar surface area (TPSA) is 123 Å². The molecule has 1 amide bonds. The zero-order valence-electron chi connectivity index (χ0n) is 17.0. The summed E-state index contributed by atoms with van der Waals surface area (Å²) in [5, 5.41) is 11.7. The molecule has 1 saturated carbocycles. The number of hydrogen-bond acceptors (Lipinski definition) is 5. The summed E-state index contributed by atoms with van der Waals surface area (Å²) in [4.78, 5) is 38.2. The number of fused-ring (bicyclic) bond motifs is 1. The van der Waals surface area contributed by atoms with E-state index in [1.54, 1.807) is 6.92 Å². The number of aryl methyl sites for hydroxylation is 1. The van der Waals surface area contributed by atoms with Crippen molar-refractivity contribution < 1.29 is 14.3 Å². The van der Waals surface area contributed by atoms with E-state index in [2.05, 4.69) is 5.32 Å². The average molecular weight is 419 g/mol. The third-order valence-corrected chi connectivity index (χ3v) is 6.34. The Balaban J connectivity index is 1.80. The molecule has 4 N–H and O–H groups in total. The second kappa shape index (κ2) is 7.33. The van der Waals surface area contributed by atoms with Gasteiger partial charge in [-0.15, -0.1) is 0 Å². The van der Waals surface area contributed by atoms with Gasteiger partial charge in [-0.25, -0.2) is 14.0 Å². The smallest absolute Gasteiger partial charge is 0.404 e. The van der Waals surface area contributed by atoms with E-state index in [-0.39, 0.29) is 23.4 Å². The summed E-state index contributed by atoms with van der Waals surface area (Å²) in [6.45, 7) is 4.69. The number of benzene rings is 1. The number of hydrogen-bond donors (Lipinski definition) is 3. The van der Waals surface area contributed by atoms with Gasteiger partial charge >= 0.3 is 11.8 Å². The average Bonchev–Trinajstić information content (AvgIpc) is 3.42. The van der Waals surface area contributed by atoms with Crippen molar-refractivity contribution >= 4 is 22.7 Å². The highest BCUT2D eigenvalue weighted by molar-refractivity contribution is 5.87. The van der Waals surface area contributed by atoms with E-state index in [4.69, 9.17) is 10.9 Å². The van der Waals surface area contributed by atoms with Crippen LogP contribution in [0.5, 0.6) is 0 Å². The molecule has 2 heterocycles. The Morgan fingerprint density at radius 2 is 2.07 bits per heavy atom. The quantitative estimate of drug-likeness (QED) is 0.632. The SMILES string of the molecule is CCC(NC(=O)O)C1CCN(c2c(F)cc3c(=O)n(N)c(=O)n(C4CC4)c3c2C)C1. The number of nitrogen functional groups attached to an aromatic ring is 1. The molecule has 2 atom stereocenters. The van der Waals surface area contributed by atoms with E-state index in [0.29, 0.717) is 41.0 Å². The summed E-state index contributed by atoms with van der Waals surface area (Å²) < 4.78 is 17.3. The Kier molecular flexibility index (Phi) is 4.95.